The first-order valence-corrected chi connectivity index (χ1v) is 15.6. The highest BCUT2D eigenvalue weighted by molar-refractivity contribution is 7.89. The van der Waals surface area contributed by atoms with Gasteiger partial charge < -0.3 is 10.1 Å². The number of piperidine rings is 1. The lowest BCUT2D eigenvalue weighted by Gasteiger charge is -2.29. The molecule has 1 unspecified atom stereocenters. The van der Waals surface area contributed by atoms with Crippen molar-refractivity contribution in [2.45, 2.75) is 61.8 Å². The number of halogens is 3. The van der Waals surface area contributed by atoms with Gasteiger partial charge in [-0.25, -0.2) is 13.1 Å². The number of hydrogen-bond donors (Lipinski definition) is 2. The molecule has 3 aromatic rings. The van der Waals surface area contributed by atoms with Crippen LogP contribution in [0.5, 0.6) is 5.75 Å². The number of carbonyl (C=O) groups excluding carboxylic acids is 1. The van der Waals surface area contributed by atoms with Crippen LogP contribution in [0.1, 0.15) is 66.4 Å². The topological polar surface area (TPSA) is 87.7 Å². The quantitative estimate of drug-likeness (QED) is 0.327. The van der Waals surface area contributed by atoms with E-state index in [1.807, 2.05) is 12.1 Å². The summed E-state index contributed by atoms with van der Waals surface area (Å²) in [6, 6.07) is 16.8. The lowest BCUT2D eigenvalue weighted by molar-refractivity contribution is -0.137. The first kappa shape index (κ1) is 30.1. The zero-order valence-corrected chi connectivity index (χ0v) is 23.9. The molecular weight excluding hydrogens is 567 g/mol. The first-order valence-electron chi connectivity index (χ1n) is 14.1. The normalized spacial score (nSPS) is 18.5. The Kier molecular flexibility index (Phi) is 9.19. The first-order chi connectivity index (χ1) is 20.1. The summed E-state index contributed by atoms with van der Waals surface area (Å²) in [7, 11) is -4.39. The number of likely N-dealkylation sites (tertiary alicyclic amines) is 1. The smallest absolute Gasteiger partial charge is 0.416 e. The summed E-state index contributed by atoms with van der Waals surface area (Å²) in [5, 5.41) is 3.02. The number of benzene rings is 3. The zero-order chi connectivity index (χ0) is 29.7. The highest BCUT2D eigenvalue weighted by Crippen LogP contribution is 2.34. The van der Waals surface area contributed by atoms with Gasteiger partial charge in [0.25, 0.3) is 0 Å². The zero-order valence-electron chi connectivity index (χ0n) is 23.1. The van der Waals surface area contributed by atoms with Crippen LogP contribution in [0.25, 0.3) is 0 Å². The van der Waals surface area contributed by atoms with Crippen LogP contribution in [0, 0.1) is 0 Å². The minimum absolute atomic E-state index is 0.248. The molecule has 0 radical (unpaired) electrons. The molecule has 1 amide bonds. The van der Waals surface area contributed by atoms with Crippen molar-refractivity contribution in [3.8, 4) is 5.75 Å². The summed E-state index contributed by atoms with van der Waals surface area (Å²) in [6.45, 7) is 3.43. The molecule has 2 aliphatic rings. The number of rotatable bonds is 9. The average molecular weight is 602 g/mol. The fourth-order valence-corrected chi connectivity index (χ4v) is 6.77. The van der Waals surface area contributed by atoms with Gasteiger partial charge in [0.1, 0.15) is 5.75 Å². The molecule has 224 valence electrons. The van der Waals surface area contributed by atoms with Crippen molar-refractivity contribution in [2.24, 2.45) is 0 Å². The summed E-state index contributed by atoms with van der Waals surface area (Å²) in [5.41, 5.74) is 1.45. The standard InChI is InChI=1S/C31H34F3N3O4S/c32-31(33,34)24-10-7-11-25(19-24)42(39,40)36-28(23-8-3-1-4-9-23)20-30(38)35-27-14-17-41-29-18-22(12-13-26(27)29)21-37-15-5-2-6-16-37/h1,3-4,7-13,18-19,27-28,36H,2,5-6,14-17,20-21H2,(H,35,38)/t27?,28-/m1/s1. The van der Waals surface area contributed by atoms with Crippen molar-refractivity contribution < 1.29 is 31.1 Å². The second-order valence-electron chi connectivity index (χ2n) is 10.8. The molecule has 0 bridgehead atoms. The van der Waals surface area contributed by atoms with Crippen LogP contribution in [0.4, 0.5) is 13.2 Å². The Balaban J connectivity index is 1.30. The number of fused-ring (bicyclic) bond motifs is 1. The Morgan fingerprint density at radius 2 is 1.74 bits per heavy atom. The van der Waals surface area contributed by atoms with Crippen molar-refractivity contribution in [3.05, 3.63) is 95.1 Å². The van der Waals surface area contributed by atoms with Crippen molar-refractivity contribution in [2.75, 3.05) is 19.7 Å². The van der Waals surface area contributed by atoms with E-state index in [-0.39, 0.29) is 12.5 Å². The van der Waals surface area contributed by atoms with Crippen LogP contribution < -0.4 is 14.8 Å². The molecule has 0 aliphatic carbocycles. The van der Waals surface area contributed by atoms with Crippen LogP contribution in [0.3, 0.4) is 0 Å². The number of sulfonamides is 1. The SMILES string of the molecule is O=C(C[C@@H](NS(=O)(=O)c1cccc(C(F)(F)F)c1)c1ccccc1)NC1CCOc2cc(CN3CCCCC3)ccc21. The molecule has 0 aromatic heterocycles. The Labute approximate surface area is 244 Å². The second-order valence-corrected chi connectivity index (χ2v) is 12.5. The largest absolute Gasteiger partial charge is 0.493 e. The number of ether oxygens (including phenoxy) is 1. The number of hydrogen-bond acceptors (Lipinski definition) is 5. The van der Waals surface area contributed by atoms with Crippen LogP contribution >= 0.6 is 0 Å². The van der Waals surface area contributed by atoms with Crippen LogP contribution in [-0.2, 0) is 27.5 Å². The Bertz CT molecular complexity index is 1490. The minimum atomic E-state index is -4.70. The highest BCUT2D eigenvalue weighted by atomic mass is 32.2. The number of nitrogens with zero attached hydrogens (tertiary/aromatic N) is 1. The van der Waals surface area contributed by atoms with E-state index in [1.54, 1.807) is 30.3 Å². The van der Waals surface area contributed by atoms with Crippen molar-refractivity contribution in [1.29, 1.82) is 0 Å². The molecule has 0 spiro atoms. The predicted molar refractivity (Wildman–Crippen MR) is 152 cm³/mol. The predicted octanol–water partition coefficient (Wildman–Crippen LogP) is 5.74. The van der Waals surface area contributed by atoms with Gasteiger partial charge in [0.15, 0.2) is 0 Å². The molecule has 2 heterocycles. The molecule has 5 rings (SSSR count). The molecule has 2 N–H and O–H groups in total. The monoisotopic (exact) mass is 601 g/mol. The number of carbonyl (C=O) groups is 1. The Morgan fingerprint density at radius 1 is 0.976 bits per heavy atom. The molecule has 1 saturated heterocycles. The Hall–Kier alpha value is -3.41. The maximum Gasteiger partial charge on any atom is 0.416 e. The van der Waals surface area contributed by atoms with Gasteiger partial charge in [-0.1, -0.05) is 55.0 Å². The number of amides is 1. The van der Waals surface area contributed by atoms with E-state index in [1.165, 1.54) is 19.3 Å². The van der Waals surface area contributed by atoms with E-state index in [2.05, 4.69) is 21.0 Å². The van der Waals surface area contributed by atoms with Gasteiger partial charge in [0, 0.05) is 24.9 Å². The van der Waals surface area contributed by atoms with Gasteiger partial charge in [0.05, 0.1) is 29.1 Å². The summed E-state index contributed by atoms with van der Waals surface area (Å²) in [6.07, 6.45) is -0.717. The molecule has 42 heavy (non-hydrogen) atoms. The Morgan fingerprint density at radius 3 is 2.48 bits per heavy atom. The lowest BCUT2D eigenvalue weighted by Crippen LogP contribution is -2.36. The fraction of sp³-hybridized carbons (Fsp3) is 0.387. The third-order valence-electron chi connectivity index (χ3n) is 7.67. The summed E-state index contributed by atoms with van der Waals surface area (Å²) in [5.74, 6) is 0.330. The minimum Gasteiger partial charge on any atom is -0.493 e. The molecule has 2 aliphatic heterocycles. The van der Waals surface area contributed by atoms with Gasteiger partial charge in [-0.15, -0.1) is 0 Å². The summed E-state index contributed by atoms with van der Waals surface area (Å²) in [4.78, 5) is 15.2. The van der Waals surface area contributed by atoms with E-state index in [9.17, 15) is 26.4 Å². The van der Waals surface area contributed by atoms with E-state index in [0.29, 0.717) is 24.7 Å². The maximum atomic E-state index is 13.3. The molecular formula is C31H34F3N3O4S. The van der Waals surface area contributed by atoms with E-state index in [0.717, 1.165) is 54.7 Å². The van der Waals surface area contributed by atoms with Crippen LogP contribution in [0.2, 0.25) is 0 Å². The third-order valence-corrected chi connectivity index (χ3v) is 9.14. The van der Waals surface area contributed by atoms with Gasteiger partial charge in [-0.05, 0) is 61.3 Å². The van der Waals surface area contributed by atoms with E-state index in [4.69, 9.17) is 4.74 Å². The van der Waals surface area contributed by atoms with Crippen LogP contribution in [0.15, 0.2) is 77.7 Å². The highest BCUT2D eigenvalue weighted by Gasteiger charge is 2.33. The van der Waals surface area contributed by atoms with Gasteiger partial charge in [0.2, 0.25) is 15.9 Å². The molecule has 3 aromatic carbocycles. The van der Waals surface area contributed by atoms with Crippen LogP contribution in [-0.4, -0.2) is 38.9 Å². The number of nitrogens with one attached hydrogen (secondary N) is 2. The molecule has 1 fully saturated rings. The maximum absolute atomic E-state index is 13.3. The summed E-state index contributed by atoms with van der Waals surface area (Å²) >= 11 is 0. The molecule has 2 atom stereocenters. The average Bonchev–Trinajstić information content (AvgIpc) is 2.97. The second kappa shape index (κ2) is 12.8. The van der Waals surface area contributed by atoms with Crippen molar-refractivity contribution in [1.82, 2.24) is 14.9 Å². The van der Waals surface area contributed by atoms with Crippen molar-refractivity contribution >= 4 is 15.9 Å². The van der Waals surface area contributed by atoms with E-state index >= 15 is 0 Å². The molecule has 11 heteroatoms. The van der Waals surface area contributed by atoms with Gasteiger partial charge in [-0.3, -0.25) is 9.69 Å². The molecule has 0 saturated carbocycles. The fourth-order valence-electron chi connectivity index (χ4n) is 5.50. The molecule has 7 nitrogen and oxygen atoms in total. The van der Waals surface area contributed by atoms with Gasteiger partial charge >= 0.3 is 6.18 Å². The number of alkyl halides is 3. The van der Waals surface area contributed by atoms with E-state index < -0.39 is 38.6 Å². The summed E-state index contributed by atoms with van der Waals surface area (Å²) < 4.78 is 74.4. The van der Waals surface area contributed by atoms with Gasteiger partial charge in [-0.2, -0.15) is 13.2 Å². The third kappa shape index (κ3) is 7.50. The lowest BCUT2D eigenvalue weighted by atomic mass is 9.97. The van der Waals surface area contributed by atoms with Crippen molar-refractivity contribution in [3.63, 3.8) is 0 Å².